The van der Waals surface area contributed by atoms with Gasteiger partial charge in [-0.3, -0.25) is 13.9 Å². The first-order valence-electron chi connectivity index (χ1n) is 10.9. The van der Waals surface area contributed by atoms with Gasteiger partial charge < -0.3 is 10.2 Å². The van der Waals surface area contributed by atoms with Crippen molar-refractivity contribution in [2.45, 2.75) is 52.2 Å². The summed E-state index contributed by atoms with van der Waals surface area (Å²) in [6.45, 7) is 6.83. The fourth-order valence-corrected chi connectivity index (χ4v) is 4.85. The van der Waals surface area contributed by atoms with Crippen molar-refractivity contribution in [3.63, 3.8) is 0 Å². The van der Waals surface area contributed by atoms with Crippen LogP contribution in [0.4, 0.5) is 5.69 Å². The predicted molar refractivity (Wildman–Crippen MR) is 143 cm³/mol. The Balaban J connectivity index is 2.49. The molecule has 35 heavy (non-hydrogen) atoms. The Morgan fingerprint density at radius 2 is 1.57 bits per heavy atom. The molecule has 0 radical (unpaired) electrons. The lowest BCUT2D eigenvalue weighted by atomic mass is 10.1. The lowest BCUT2D eigenvalue weighted by Gasteiger charge is -2.34. The standard InChI is InChI=1S/C24H30Cl3N3O4S/c1-6-20(23(32)28-24(2,3)4)29(14-16-7-9-17(25)10-8-16)22(31)15-30(35(5,33)34)21-13-18(26)11-12-19(21)27/h7-13,20H,6,14-15H2,1-5H3,(H,28,32)/t20-/m0/s1. The quantitative estimate of drug-likeness (QED) is 0.459. The highest BCUT2D eigenvalue weighted by Crippen LogP contribution is 2.31. The van der Waals surface area contributed by atoms with E-state index in [-0.39, 0.29) is 28.2 Å². The van der Waals surface area contributed by atoms with Crippen LogP contribution < -0.4 is 9.62 Å². The highest BCUT2D eigenvalue weighted by molar-refractivity contribution is 7.92. The van der Waals surface area contributed by atoms with Crippen molar-refractivity contribution >= 4 is 62.3 Å². The van der Waals surface area contributed by atoms with Gasteiger partial charge in [0.1, 0.15) is 12.6 Å². The van der Waals surface area contributed by atoms with Crippen LogP contribution in [-0.2, 0) is 26.2 Å². The SMILES string of the molecule is CC[C@@H](C(=O)NC(C)(C)C)N(Cc1ccc(Cl)cc1)C(=O)CN(c1cc(Cl)ccc1Cl)S(C)(=O)=O. The number of nitrogens with zero attached hydrogens (tertiary/aromatic N) is 2. The molecule has 11 heteroatoms. The Morgan fingerprint density at radius 1 is 1.00 bits per heavy atom. The van der Waals surface area contributed by atoms with Gasteiger partial charge in [-0.05, 0) is 63.1 Å². The van der Waals surface area contributed by atoms with E-state index in [1.807, 2.05) is 20.8 Å². The number of anilines is 1. The van der Waals surface area contributed by atoms with Crippen molar-refractivity contribution in [3.05, 3.63) is 63.1 Å². The van der Waals surface area contributed by atoms with Gasteiger partial charge in [0.25, 0.3) is 0 Å². The molecule has 192 valence electrons. The molecule has 0 heterocycles. The first-order chi connectivity index (χ1) is 16.1. The number of benzene rings is 2. The molecule has 0 aliphatic carbocycles. The number of halogens is 3. The van der Waals surface area contributed by atoms with E-state index < -0.39 is 34.1 Å². The van der Waals surface area contributed by atoms with E-state index in [0.29, 0.717) is 11.4 Å². The monoisotopic (exact) mass is 561 g/mol. The number of amides is 2. The Morgan fingerprint density at radius 3 is 2.09 bits per heavy atom. The summed E-state index contributed by atoms with van der Waals surface area (Å²) in [5.74, 6) is -0.911. The maximum atomic E-state index is 13.6. The van der Waals surface area contributed by atoms with Crippen LogP contribution in [0.1, 0.15) is 39.7 Å². The summed E-state index contributed by atoms with van der Waals surface area (Å²) in [6.07, 6.45) is 1.29. The molecule has 0 unspecified atom stereocenters. The second-order valence-corrected chi connectivity index (χ2v) is 12.4. The molecular weight excluding hydrogens is 533 g/mol. The van der Waals surface area contributed by atoms with E-state index in [1.165, 1.54) is 23.1 Å². The molecule has 0 aromatic heterocycles. The fourth-order valence-electron chi connectivity index (χ4n) is 3.43. The maximum Gasteiger partial charge on any atom is 0.244 e. The molecule has 0 fully saturated rings. The molecule has 0 saturated heterocycles. The van der Waals surface area contributed by atoms with Gasteiger partial charge in [0, 0.05) is 22.1 Å². The minimum Gasteiger partial charge on any atom is -0.350 e. The van der Waals surface area contributed by atoms with Crippen LogP contribution in [0.2, 0.25) is 15.1 Å². The number of carbonyl (C=O) groups excluding carboxylic acids is 2. The maximum absolute atomic E-state index is 13.6. The van der Waals surface area contributed by atoms with Gasteiger partial charge in [-0.25, -0.2) is 8.42 Å². The second kappa shape index (κ2) is 11.8. The Labute approximate surface area is 222 Å². The first-order valence-corrected chi connectivity index (χ1v) is 13.9. The highest BCUT2D eigenvalue weighted by Gasteiger charge is 2.33. The van der Waals surface area contributed by atoms with E-state index in [2.05, 4.69) is 5.32 Å². The van der Waals surface area contributed by atoms with Crippen LogP contribution in [0.15, 0.2) is 42.5 Å². The first kappa shape index (κ1) is 29.2. The van der Waals surface area contributed by atoms with Crippen LogP contribution >= 0.6 is 34.8 Å². The van der Waals surface area contributed by atoms with Crippen molar-refractivity contribution < 1.29 is 18.0 Å². The molecule has 2 aromatic rings. The van der Waals surface area contributed by atoms with Gasteiger partial charge in [-0.1, -0.05) is 53.9 Å². The number of rotatable bonds is 9. The zero-order chi connectivity index (χ0) is 26.6. The molecule has 1 atom stereocenters. The average molecular weight is 563 g/mol. The van der Waals surface area contributed by atoms with Crippen molar-refractivity contribution in [2.75, 3.05) is 17.1 Å². The summed E-state index contributed by atoms with van der Waals surface area (Å²) < 4.78 is 26.2. The zero-order valence-corrected chi connectivity index (χ0v) is 23.4. The lowest BCUT2D eigenvalue weighted by molar-refractivity contribution is -0.141. The van der Waals surface area contributed by atoms with Crippen LogP contribution in [0, 0.1) is 0 Å². The van der Waals surface area contributed by atoms with Gasteiger partial charge in [0.15, 0.2) is 0 Å². The number of carbonyl (C=O) groups is 2. The zero-order valence-electron chi connectivity index (χ0n) is 20.3. The third-order valence-corrected chi connectivity index (χ3v) is 6.94. The van der Waals surface area contributed by atoms with Gasteiger partial charge in [0.2, 0.25) is 21.8 Å². The minimum atomic E-state index is -3.92. The van der Waals surface area contributed by atoms with Gasteiger partial charge >= 0.3 is 0 Å². The Bertz CT molecular complexity index is 1170. The van der Waals surface area contributed by atoms with Gasteiger partial charge in [-0.15, -0.1) is 0 Å². The molecule has 2 amide bonds. The molecule has 0 spiro atoms. The number of sulfonamides is 1. The molecule has 0 bridgehead atoms. The summed E-state index contributed by atoms with van der Waals surface area (Å²) >= 11 is 18.3. The third-order valence-electron chi connectivity index (χ3n) is 5.01. The smallest absolute Gasteiger partial charge is 0.244 e. The normalized spacial score (nSPS) is 12.7. The molecule has 0 aliphatic rings. The Kier molecular flexibility index (Phi) is 9.87. The molecule has 7 nitrogen and oxygen atoms in total. The van der Waals surface area contributed by atoms with Crippen LogP contribution in [0.3, 0.4) is 0 Å². The van der Waals surface area contributed by atoms with Crippen molar-refractivity contribution in [1.82, 2.24) is 10.2 Å². The van der Waals surface area contributed by atoms with Crippen molar-refractivity contribution in [1.29, 1.82) is 0 Å². The molecule has 2 aromatic carbocycles. The molecule has 0 saturated carbocycles. The van der Waals surface area contributed by atoms with E-state index >= 15 is 0 Å². The van der Waals surface area contributed by atoms with Crippen LogP contribution in [0.25, 0.3) is 0 Å². The number of hydrogen-bond donors (Lipinski definition) is 1. The van der Waals surface area contributed by atoms with Gasteiger partial charge in [0.05, 0.1) is 17.0 Å². The summed E-state index contributed by atoms with van der Waals surface area (Å²) in [5.41, 5.74) is 0.289. The second-order valence-electron chi connectivity index (χ2n) is 9.18. The Hall–Kier alpha value is -2.00. The van der Waals surface area contributed by atoms with E-state index in [0.717, 1.165) is 16.1 Å². The summed E-state index contributed by atoms with van der Waals surface area (Å²) in [7, 11) is -3.92. The fraction of sp³-hybridized carbons (Fsp3) is 0.417. The van der Waals surface area contributed by atoms with Crippen molar-refractivity contribution in [3.8, 4) is 0 Å². The summed E-state index contributed by atoms with van der Waals surface area (Å²) in [5, 5.41) is 3.82. The lowest BCUT2D eigenvalue weighted by Crippen LogP contribution is -2.55. The minimum absolute atomic E-state index is 0.0763. The van der Waals surface area contributed by atoms with Gasteiger partial charge in [-0.2, -0.15) is 0 Å². The van der Waals surface area contributed by atoms with Crippen molar-refractivity contribution in [2.24, 2.45) is 0 Å². The van der Waals surface area contributed by atoms with Crippen LogP contribution in [0.5, 0.6) is 0 Å². The van der Waals surface area contributed by atoms with E-state index in [4.69, 9.17) is 34.8 Å². The largest absolute Gasteiger partial charge is 0.350 e. The molecule has 2 rings (SSSR count). The molecule has 1 N–H and O–H groups in total. The van der Waals surface area contributed by atoms with E-state index in [9.17, 15) is 18.0 Å². The highest BCUT2D eigenvalue weighted by atomic mass is 35.5. The summed E-state index contributed by atoms with van der Waals surface area (Å²) in [6, 6.07) is 10.4. The average Bonchev–Trinajstić information content (AvgIpc) is 2.73. The van der Waals surface area contributed by atoms with Crippen LogP contribution in [-0.4, -0.2) is 49.5 Å². The summed E-state index contributed by atoms with van der Waals surface area (Å²) in [4.78, 5) is 28.2. The number of hydrogen-bond acceptors (Lipinski definition) is 4. The molecule has 0 aliphatic heterocycles. The van der Waals surface area contributed by atoms with E-state index in [1.54, 1.807) is 31.2 Å². The number of nitrogens with one attached hydrogen (secondary N) is 1. The third kappa shape index (κ3) is 8.56. The molecular formula is C24H30Cl3N3O4S. The topological polar surface area (TPSA) is 86.8 Å². The predicted octanol–water partition coefficient (Wildman–Crippen LogP) is 5.13.